The highest BCUT2D eigenvalue weighted by atomic mass is 32.2. The second-order valence-corrected chi connectivity index (χ2v) is 19.1. The summed E-state index contributed by atoms with van der Waals surface area (Å²) in [7, 11) is -5.69. The molecule has 4 aromatic carbocycles. The van der Waals surface area contributed by atoms with E-state index in [0.717, 1.165) is 52.8 Å². The summed E-state index contributed by atoms with van der Waals surface area (Å²) in [6.07, 6.45) is 1.84. The maximum atomic E-state index is 14.0. The van der Waals surface area contributed by atoms with E-state index in [4.69, 9.17) is 38.5 Å². The molecule has 348 valence electrons. The predicted molar refractivity (Wildman–Crippen MR) is 243 cm³/mol. The van der Waals surface area contributed by atoms with Gasteiger partial charge in [-0.15, -0.1) is 11.3 Å². The Morgan fingerprint density at radius 3 is 2.23 bits per heavy atom. The van der Waals surface area contributed by atoms with Crippen LogP contribution in [0.5, 0.6) is 23.0 Å². The first-order valence-corrected chi connectivity index (χ1v) is 24.4. The van der Waals surface area contributed by atoms with Crippen molar-refractivity contribution in [1.29, 1.82) is 5.26 Å². The minimum absolute atomic E-state index is 0.0540. The van der Waals surface area contributed by atoms with Gasteiger partial charge in [-0.1, -0.05) is 24.3 Å². The van der Waals surface area contributed by atoms with Crippen LogP contribution in [0.15, 0.2) is 94.1 Å². The predicted octanol–water partition coefficient (Wildman–Crippen LogP) is 7.69. The minimum Gasteiger partial charge on any atom is -0.497 e. The number of fused-ring (bicyclic) bond motifs is 1. The van der Waals surface area contributed by atoms with Gasteiger partial charge in [0.15, 0.2) is 0 Å². The first-order chi connectivity index (χ1) is 31.3. The van der Waals surface area contributed by atoms with Crippen LogP contribution in [0.3, 0.4) is 0 Å². The third-order valence-electron chi connectivity index (χ3n) is 9.54. The lowest BCUT2D eigenvalue weighted by Gasteiger charge is -2.22. The highest BCUT2D eigenvalue weighted by Gasteiger charge is 2.28. The Balaban J connectivity index is 1.09. The number of hydrogen-bond donors (Lipinski definition) is 3. The molecule has 1 heterocycles. The van der Waals surface area contributed by atoms with Crippen LogP contribution >= 0.6 is 18.9 Å². The largest absolute Gasteiger partial charge is 0.497 e. The van der Waals surface area contributed by atoms with E-state index in [2.05, 4.69) is 19.9 Å². The summed E-state index contributed by atoms with van der Waals surface area (Å²) in [6.45, 7) is 5.35. The normalized spacial score (nSPS) is 12.4. The molecule has 3 N–H and O–H groups in total. The molecule has 5 rings (SSSR count). The van der Waals surface area contributed by atoms with Gasteiger partial charge in [-0.2, -0.15) is 14.9 Å². The number of carbonyl (C=O) groups is 1. The van der Waals surface area contributed by atoms with E-state index >= 15 is 0 Å². The number of rotatable bonds is 27. The number of ether oxygens (including phenoxy) is 4. The molecular formula is C44H51FN5O12PS2. The zero-order chi connectivity index (χ0) is 46.7. The lowest BCUT2D eigenvalue weighted by Crippen LogP contribution is -2.32. The van der Waals surface area contributed by atoms with E-state index in [0.29, 0.717) is 79.3 Å². The van der Waals surface area contributed by atoms with Crippen molar-refractivity contribution in [3.8, 4) is 29.1 Å². The van der Waals surface area contributed by atoms with Crippen LogP contribution in [-0.4, -0.2) is 90.5 Å². The molecular weight excluding hydrogens is 905 g/mol. The quantitative estimate of drug-likeness (QED) is 0.0115. The second kappa shape index (κ2) is 25.1. The van der Waals surface area contributed by atoms with Crippen molar-refractivity contribution >= 4 is 51.5 Å². The summed E-state index contributed by atoms with van der Waals surface area (Å²) in [4.78, 5) is 39.5. The summed E-state index contributed by atoms with van der Waals surface area (Å²) in [5, 5.41) is 12.3. The molecule has 1 aromatic heterocycles. The number of thiophene rings is 1. The Morgan fingerprint density at radius 2 is 1.55 bits per heavy atom. The number of halogens is 1. The standard InChI is InChI=1S/C44H51FN5O12PS2/c1-32-40-25-38(17-18-42(40)64-43(32)65(54,55)49-31-63(52,53)62-39-16-11-35(27-46)41(45)26-39)58-24-6-23-50(21-4-19-47-30-61-60-29-34-9-14-37(57-3)15-10-34)22-5-20-48-44(51)59-28-33-7-12-36(56-2)13-8-33/h7-18,25-26,30,49H,4-6,19-24,28-29,31H2,1-3H3,(H,48,51)(H,52,53)/b47-30-. The summed E-state index contributed by atoms with van der Waals surface area (Å²) in [6, 6.07) is 24.5. The zero-order valence-corrected chi connectivity index (χ0v) is 38.6. The molecule has 17 nitrogen and oxygen atoms in total. The average molecular weight is 956 g/mol. The highest BCUT2D eigenvalue weighted by molar-refractivity contribution is 7.92. The van der Waals surface area contributed by atoms with Crippen LogP contribution < -0.4 is 28.8 Å². The lowest BCUT2D eigenvalue weighted by molar-refractivity contribution is -0.227. The van der Waals surface area contributed by atoms with Crippen molar-refractivity contribution in [1.82, 2.24) is 14.9 Å². The number of methoxy groups -OCH3 is 2. The molecule has 1 unspecified atom stereocenters. The number of nitrogens with one attached hydrogen (secondary N) is 2. The van der Waals surface area contributed by atoms with Gasteiger partial charge in [0, 0.05) is 35.8 Å². The van der Waals surface area contributed by atoms with Crippen LogP contribution in [0.1, 0.15) is 41.5 Å². The van der Waals surface area contributed by atoms with Crippen molar-refractivity contribution in [2.24, 2.45) is 4.99 Å². The summed E-state index contributed by atoms with van der Waals surface area (Å²) in [5.74, 6) is 0.713. The lowest BCUT2D eigenvalue weighted by atomic mass is 10.2. The Bertz CT molecular complexity index is 2560. The second-order valence-electron chi connectivity index (χ2n) is 14.3. The third-order valence-corrected chi connectivity index (χ3v) is 14.1. The molecule has 5 aromatic rings. The number of carbonyl (C=O) groups excluding carboxylic acids is 1. The number of nitrogens with zero attached hydrogens (tertiary/aromatic N) is 3. The fraction of sp³-hybridized carbons (Fsp3) is 0.341. The molecule has 0 saturated carbocycles. The monoisotopic (exact) mass is 955 g/mol. The number of amides is 1. The molecule has 0 aliphatic rings. The fourth-order valence-corrected chi connectivity index (χ4v) is 10.4. The van der Waals surface area contributed by atoms with Crippen molar-refractivity contribution in [3.63, 3.8) is 0 Å². The fourth-order valence-electron chi connectivity index (χ4n) is 6.15. The van der Waals surface area contributed by atoms with Crippen LogP contribution in [0.2, 0.25) is 0 Å². The number of alkyl carbamates (subject to hydrolysis) is 1. The molecule has 0 aliphatic heterocycles. The van der Waals surface area contributed by atoms with Gasteiger partial charge in [-0.25, -0.2) is 22.2 Å². The molecule has 21 heteroatoms. The Hall–Kier alpha value is -5.78. The van der Waals surface area contributed by atoms with Crippen LogP contribution in [-0.2, 0) is 42.3 Å². The number of hydrogen-bond acceptors (Lipinski definition) is 15. The van der Waals surface area contributed by atoms with Gasteiger partial charge in [0.05, 0.1) is 26.4 Å². The van der Waals surface area contributed by atoms with E-state index in [1.807, 2.05) is 36.4 Å². The van der Waals surface area contributed by atoms with E-state index in [1.165, 1.54) is 6.40 Å². The minimum atomic E-state index is -4.61. The number of sulfonamides is 1. The highest BCUT2D eigenvalue weighted by Crippen LogP contribution is 2.43. The Labute approximate surface area is 381 Å². The van der Waals surface area contributed by atoms with Crippen LogP contribution in [0, 0.1) is 24.1 Å². The molecule has 0 aliphatic carbocycles. The molecule has 0 fully saturated rings. The van der Waals surface area contributed by atoms with Gasteiger partial charge >= 0.3 is 13.7 Å². The first kappa shape index (κ1) is 50.2. The van der Waals surface area contributed by atoms with Gasteiger partial charge < -0.3 is 43.5 Å². The Kier molecular flexibility index (Phi) is 19.4. The summed E-state index contributed by atoms with van der Waals surface area (Å²) < 4.78 is 82.7. The molecule has 65 heavy (non-hydrogen) atoms. The number of aryl methyl sites for hydroxylation is 1. The zero-order valence-electron chi connectivity index (χ0n) is 36.1. The van der Waals surface area contributed by atoms with E-state index in [1.54, 1.807) is 57.5 Å². The van der Waals surface area contributed by atoms with Crippen LogP contribution in [0.25, 0.3) is 10.1 Å². The molecule has 0 saturated heterocycles. The maximum Gasteiger partial charge on any atom is 0.407 e. The van der Waals surface area contributed by atoms with Gasteiger partial charge in [-0.05, 0) is 111 Å². The maximum absolute atomic E-state index is 14.0. The van der Waals surface area contributed by atoms with Gasteiger partial charge in [0.2, 0.25) is 6.40 Å². The molecule has 1 atom stereocenters. The van der Waals surface area contributed by atoms with E-state index < -0.39 is 35.8 Å². The van der Waals surface area contributed by atoms with E-state index in [-0.39, 0.29) is 28.7 Å². The van der Waals surface area contributed by atoms with Crippen molar-refractivity contribution in [2.75, 3.05) is 59.8 Å². The molecule has 1 amide bonds. The molecule has 0 spiro atoms. The molecule has 0 radical (unpaired) electrons. The van der Waals surface area contributed by atoms with Crippen molar-refractivity contribution in [2.45, 2.75) is 43.6 Å². The summed E-state index contributed by atoms with van der Waals surface area (Å²) in [5.41, 5.74) is 1.90. The average Bonchev–Trinajstić information content (AvgIpc) is 3.64. The number of aliphatic imine (C=N–C) groups is 1. The van der Waals surface area contributed by atoms with Crippen LogP contribution in [0.4, 0.5) is 9.18 Å². The number of benzene rings is 4. The number of nitriles is 1. The summed E-state index contributed by atoms with van der Waals surface area (Å²) >= 11 is 0.989. The van der Waals surface area contributed by atoms with Crippen molar-refractivity contribution in [3.05, 3.63) is 113 Å². The first-order valence-electron chi connectivity index (χ1n) is 20.3. The van der Waals surface area contributed by atoms with Crippen molar-refractivity contribution < 1.29 is 60.3 Å². The van der Waals surface area contributed by atoms with Gasteiger partial charge in [-0.3, -0.25) is 4.99 Å². The molecule has 0 bridgehead atoms. The van der Waals surface area contributed by atoms with E-state index in [9.17, 15) is 27.1 Å². The van der Waals surface area contributed by atoms with Gasteiger partial charge in [0.25, 0.3) is 10.0 Å². The third kappa shape index (κ3) is 16.3. The SMILES string of the molecule is COc1ccc(COO/C=N\CCCN(CCCNC(=O)OCc2ccc(OC)cc2)CCCOc2ccc3sc(S(=O)(=O)NCP(=O)(O)Oc4ccc(C#N)c(F)c4)c(C)c3c2)cc1. The Morgan fingerprint density at radius 1 is 0.908 bits per heavy atom. The topological polar surface area (TPSA) is 217 Å². The smallest absolute Gasteiger partial charge is 0.407 e. The van der Waals surface area contributed by atoms with Gasteiger partial charge in [0.1, 0.15) is 58.6 Å².